The highest BCUT2D eigenvalue weighted by atomic mass is 28.3. The Morgan fingerprint density at radius 2 is 1.68 bits per heavy atom. The second-order valence-corrected chi connectivity index (χ2v) is 16.9. The van der Waals surface area contributed by atoms with Crippen molar-refractivity contribution < 1.29 is 4.74 Å². The summed E-state index contributed by atoms with van der Waals surface area (Å²) in [4.78, 5) is 12.5. The molecule has 6 heteroatoms. The van der Waals surface area contributed by atoms with E-state index in [0.717, 1.165) is 52.8 Å². The lowest BCUT2D eigenvalue weighted by atomic mass is 10.0. The number of fused-ring (bicyclic) bond motifs is 1. The summed E-state index contributed by atoms with van der Waals surface area (Å²) in [6, 6.07) is 26.7. The van der Waals surface area contributed by atoms with E-state index in [1.54, 1.807) is 0 Å². The highest BCUT2D eigenvalue weighted by molar-refractivity contribution is 6.76. The van der Waals surface area contributed by atoms with E-state index in [9.17, 15) is 0 Å². The number of aromatic nitrogens is 2. The Morgan fingerprint density at radius 1 is 1.00 bits per heavy atom. The largest absolute Gasteiger partial charge is 0.361 e. The SMILES string of the molecule is CN1CCC[C@@H]1c1cc2ncc(N=C(c3ccccc3)c3ccccc3)cc2n1COCC[Si](C)(C)C. The van der Waals surface area contributed by atoms with Crippen LogP contribution in [0.25, 0.3) is 11.0 Å². The van der Waals surface area contributed by atoms with E-state index in [1.165, 1.54) is 18.5 Å². The summed E-state index contributed by atoms with van der Waals surface area (Å²) in [6.45, 7) is 9.66. The predicted octanol–water partition coefficient (Wildman–Crippen LogP) is 7.28. The number of hydrogen-bond donors (Lipinski definition) is 0. The monoisotopic (exact) mass is 510 g/mol. The van der Waals surface area contributed by atoms with Crippen LogP contribution in [0.15, 0.2) is 84.0 Å². The van der Waals surface area contributed by atoms with Crippen molar-refractivity contribution in [2.75, 3.05) is 20.2 Å². The zero-order chi connectivity index (χ0) is 25.8. The quantitative estimate of drug-likeness (QED) is 0.135. The molecule has 4 aromatic rings. The molecule has 0 N–H and O–H groups in total. The second-order valence-electron chi connectivity index (χ2n) is 11.3. The van der Waals surface area contributed by atoms with Gasteiger partial charge in [0.1, 0.15) is 6.73 Å². The van der Waals surface area contributed by atoms with Crippen LogP contribution in [0.4, 0.5) is 5.69 Å². The van der Waals surface area contributed by atoms with Crippen molar-refractivity contribution in [3.63, 3.8) is 0 Å². The van der Waals surface area contributed by atoms with Gasteiger partial charge in [-0.2, -0.15) is 0 Å². The minimum Gasteiger partial charge on any atom is -0.361 e. The average Bonchev–Trinajstić information content (AvgIpc) is 3.48. The van der Waals surface area contributed by atoms with Crippen LogP contribution in [0.5, 0.6) is 0 Å². The van der Waals surface area contributed by atoms with Crippen molar-refractivity contribution in [2.24, 2.45) is 4.99 Å². The number of ether oxygens (including phenoxy) is 1. The summed E-state index contributed by atoms with van der Waals surface area (Å²) < 4.78 is 8.61. The number of aliphatic imine (C=N–C) groups is 1. The Morgan fingerprint density at radius 3 is 2.27 bits per heavy atom. The van der Waals surface area contributed by atoms with Crippen LogP contribution in [0, 0.1) is 0 Å². The lowest BCUT2D eigenvalue weighted by molar-refractivity contribution is 0.0857. The van der Waals surface area contributed by atoms with Gasteiger partial charge in [-0.15, -0.1) is 0 Å². The summed E-state index contributed by atoms with van der Waals surface area (Å²) in [6.07, 6.45) is 4.28. The Kier molecular flexibility index (Phi) is 7.70. The van der Waals surface area contributed by atoms with Crippen molar-refractivity contribution in [3.8, 4) is 0 Å². The molecule has 0 spiro atoms. The van der Waals surface area contributed by atoms with E-state index in [2.05, 4.69) is 96.8 Å². The van der Waals surface area contributed by atoms with Gasteiger partial charge in [-0.1, -0.05) is 80.3 Å². The van der Waals surface area contributed by atoms with Crippen molar-refractivity contribution in [1.82, 2.24) is 14.5 Å². The number of benzene rings is 2. The molecule has 0 aliphatic carbocycles. The minimum absolute atomic E-state index is 0.394. The molecule has 0 unspecified atom stereocenters. The molecule has 1 aliphatic heterocycles. The summed E-state index contributed by atoms with van der Waals surface area (Å²) in [5.74, 6) is 0. The van der Waals surface area contributed by atoms with Gasteiger partial charge < -0.3 is 9.30 Å². The van der Waals surface area contributed by atoms with Crippen LogP contribution >= 0.6 is 0 Å². The Balaban J connectivity index is 1.55. The smallest absolute Gasteiger partial charge is 0.123 e. The molecule has 5 rings (SSSR count). The molecular weight excluding hydrogens is 472 g/mol. The molecular formula is C31H38N4OSi. The fourth-order valence-electron chi connectivity index (χ4n) is 5.05. The molecule has 192 valence electrons. The minimum atomic E-state index is -1.15. The molecule has 1 atom stereocenters. The molecule has 37 heavy (non-hydrogen) atoms. The molecule has 1 aliphatic rings. The van der Waals surface area contributed by atoms with Crippen molar-refractivity contribution >= 4 is 30.5 Å². The molecule has 2 aromatic heterocycles. The molecule has 3 heterocycles. The molecule has 0 bridgehead atoms. The van der Waals surface area contributed by atoms with E-state index in [1.807, 2.05) is 18.3 Å². The average molecular weight is 511 g/mol. The van der Waals surface area contributed by atoms with Gasteiger partial charge in [-0.05, 0) is 44.6 Å². The van der Waals surface area contributed by atoms with Crippen LogP contribution in [0.2, 0.25) is 25.7 Å². The lowest BCUT2D eigenvalue weighted by Crippen LogP contribution is -2.23. The first-order chi connectivity index (χ1) is 17.9. The standard InChI is InChI=1S/C31H38N4OSi/c1-34-17-11-16-28(34)30-21-27-29(35(30)23-36-18-19-37(2,3)4)20-26(22-32-27)33-31(24-12-7-5-8-13-24)25-14-9-6-10-15-25/h5-10,12-15,20-22,28H,11,16-19,23H2,1-4H3/t28-/m1/s1. The van der Waals surface area contributed by atoms with Crippen molar-refractivity contribution in [3.05, 3.63) is 95.8 Å². The fourth-order valence-corrected chi connectivity index (χ4v) is 5.81. The van der Waals surface area contributed by atoms with E-state index < -0.39 is 8.07 Å². The third-order valence-electron chi connectivity index (χ3n) is 7.18. The topological polar surface area (TPSA) is 42.7 Å². The Bertz CT molecular complexity index is 1320. The molecule has 2 aromatic carbocycles. The second kappa shape index (κ2) is 11.1. The maximum atomic E-state index is 6.27. The first kappa shape index (κ1) is 25.6. The zero-order valence-corrected chi connectivity index (χ0v) is 23.5. The molecule has 5 nitrogen and oxygen atoms in total. The number of pyridine rings is 1. The number of nitrogens with zero attached hydrogens (tertiary/aromatic N) is 4. The third kappa shape index (κ3) is 6.09. The summed E-state index contributed by atoms with van der Waals surface area (Å²) in [5, 5.41) is 0. The van der Waals surface area contributed by atoms with Gasteiger partial charge in [-0.3, -0.25) is 9.88 Å². The molecule has 0 amide bonds. The molecule has 1 saturated heterocycles. The molecule has 0 radical (unpaired) electrons. The van der Waals surface area contributed by atoms with E-state index in [0.29, 0.717) is 12.8 Å². The third-order valence-corrected chi connectivity index (χ3v) is 8.89. The maximum absolute atomic E-state index is 6.27. The van der Waals surface area contributed by atoms with Gasteiger partial charge in [0.25, 0.3) is 0 Å². The first-order valence-electron chi connectivity index (χ1n) is 13.4. The van der Waals surface area contributed by atoms with Gasteiger partial charge in [0.2, 0.25) is 0 Å². The zero-order valence-electron chi connectivity index (χ0n) is 22.5. The number of rotatable bonds is 9. The van der Waals surface area contributed by atoms with Crippen LogP contribution < -0.4 is 0 Å². The fraction of sp³-hybridized carbons (Fsp3) is 0.355. The number of likely N-dealkylation sites (tertiary alicyclic amines) is 1. The van der Waals surface area contributed by atoms with Gasteiger partial charge in [-0.25, -0.2) is 4.99 Å². The summed E-state index contributed by atoms with van der Waals surface area (Å²) in [5.41, 5.74) is 7.36. The van der Waals surface area contributed by atoms with Gasteiger partial charge in [0, 0.05) is 37.5 Å². The summed E-state index contributed by atoms with van der Waals surface area (Å²) in [7, 11) is 1.08. The molecule has 1 fully saturated rings. The van der Waals surface area contributed by atoms with Gasteiger partial charge in [0.05, 0.1) is 28.6 Å². The van der Waals surface area contributed by atoms with Crippen LogP contribution in [0.3, 0.4) is 0 Å². The van der Waals surface area contributed by atoms with Crippen molar-refractivity contribution in [2.45, 2.75) is 51.3 Å². The predicted molar refractivity (Wildman–Crippen MR) is 157 cm³/mol. The molecule has 0 saturated carbocycles. The maximum Gasteiger partial charge on any atom is 0.123 e. The van der Waals surface area contributed by atoms with E-state index in [-0.39, 0.29) is 0 Å². The highest BCUT2D eigenvalue weighted by Crippen LogP contribution is 2.35. The first-order valence-corrected chi connectivity index (χ1v) is 17.1. The lowest BCUT2D eigenvalue weighted by Gasteiger charge is -2.22. The van der Waals surface area contributed by atoms with Crippen LogP contribution in [0.1, 0.15) is 35.7 Å². The van der Waals surface area contributed by atoms with Crippen molar-refractivity contribution in [1.29, 1.82) is 0 Å². The normalized spacial score (nSPS) is 16.4. The Labute approximate surface area is 221 Å². The Hall–Kier alpha value is -3.06. The van der Waals surface area contributed by atoms with E-state index >= 15 is 0 Å². The number of hydrogen-bond acceptors (Lipinski definition) is 4. The highest BCUT2D eigenvalue weighted by Gasteiger charge is 2.27. The van der Waals surface area contributed by atoms with E-state index in [4.69, 9.17) is 14.7 Å². The van der Waals surface area contributed by atoms with Crippen LogP contribution in [-0.2, 0) is 11.5 Å². The summed E-state index contributed by atoms with van der Waals surface area (Å²) >= 11 is 0. The van der Waals surface area contributed by atoms with Crippen LogP contribution in [-0.4, -0.2) is 48.4 Å². The van der Waals surface area contributed by atoms with Gasteiger partial charge in [0.15, 0.2) is 0 Å². The van der Waals surface area contributed by atoms with Gasteiger partial charge >= 0.3 is 0 Å².